The van der Waals surface area contributed by atoms with Gasteiger partial charge in [-0.2, -0.15) is 5.10 Å². The molecule has 3 aromatic heterocycles. The van der Waals surface area contributed by atoms with Gasteiger partial charge < -0.3 is 24.7 Å². The number of carbonyl (C=O) groups is 2. The maximum absolute atomic E-state index is 12.4. The number of nitrogens with one attached hydrogen (secondary N) is 2. The summed E-state index contributed by atoms with van der Waals surface area (Å²) >= 11 is 0. The molecule has 0 saturated carbocycles. The highest BCUT2D eigenvalue weighted by atomic mass is 16.5. The molecule has 0 fully saturated rings. The van der Waals surface area contributed by atoms with Crippen molar-refractivity contribution in [2.45, 2.75) is 33.9 Å². The molecule has 0 unspecified atom stereocenters. The molecular weight excluding hydrogens is 400 g/mol. The van der Waals surface area contributed by atoms with Crippen molar-refractivity contribution >= 4 is 34.3 Å². The molecule has 0 saturated heterocycles. The minimum Gasteiger partial charge on any atom is -0.464 e. The van der Waals surface area contributed by atoms with Gasteiger partial charge in [-0.1, -0.05) is 0 Å². The van der Waals surface area contributed by atoms with Gasteiger partial charge in [0, 0.05) is 43.9 Å². The first-order valence-electron chi connectivity index (χ1n) is 9.94. The molecule has 10 nitrogen and oxygen atoms in total. The quantitative estimate of drug-likeness (QED) is 0.530. The van der Waals surface area contributed by atoms with Gasteiger partial charge in [0.05, 0.1) is 30.4 Å². The number of aryl methyl sites for hydroxylation is 3. The fraction of sp³-hybridized carbons (Fsp3) is 0.429. The second-order valence-corrected chi connectivity index (χ2v) is 7.17. The summed E-state index contributed by atoms with van der Waals surface area (Å²) in [7, 11) is 4.42. The third-order valence-corrected chi connectivity index (χ3v) is 5.24. The van der Waals surface area contributed by atoms with E-state index in [1.807, 2.05) is 24.6 Å². The zero-order valence-electron chi connectivity index (χ0n) is 18.7. The van der Waals surface area contributed by atoms with Gasteiger partial charge in [-0.3, -0.25) is 9.48 Å². The van der Waals surface area contributed by atoms with Gasteiger partial charge in [-0.15, -0.1) is 0 Å². The van der Waals surface area contributed by atoms with E-state index in [2.05, 4.69) is 27.6 Å². The number of esters is 1. The highest BCUT2D eigenvalue weighted by Gasteiger charge is 2.24. The third-order valence-electron chi connectivity index (χ3n) is 5.24. The average molecular weight is 428 g/mol. The second-order valence-electron chi connectivity index (χ2n) is 7.17. The summed E-state index contributed by atoms with van der Waals surface area (Å²) in [5, 5.41) is 11.3. The van der Waals surface area contributed by atoms with Crippen LogP contribution in [0.25, 0.3) is 11.0 Å². The van der Waals surface area contributed by atoms with Crippen LogP contribution in [0.4, 0.5) is 11.4 Å². The lowest BCUT2D eigenvalue weighted by atomic mass is 10.2. The number of nitrogens with zero attached hydrogens (tertiary/aromatic N) is 4. The Bertz CT molecular complexity index is 1130. The van der Waals surface area contributed by atoms with Gasteiger partial charge in [-0.25, -0.2) is 9.78 Å². The van der Waals surface area contributed by atoms with Crippen molar-refractivity contribution in [1.29, 1.82) is 0 Å². The van der Waals surface area contributed by atoms with Gasteiger partial charge in [0.1, 0.15) is 12.3 Å². The van der Waals surface area contributed by atoms with E-state index in [1.165, 1.54) is 14.2 Å². The first-order valence-corrected chi connectivity index (χ1v) is 9.94. The number of rotatable bonds is 8. The summed E-state index contributed by atoms with van der Waals surface area (Å²) in [5.41, 5.74) is 5.06. The van der Waals surface area contributed by atoms with Gasteiger partial charge in [0.15, 0.2) is 5.69 Å². The Hall–Kier alpha value is -3.40. The summed E-state index contributed by atoms with van der Waals surface area (Å²) in [6, 6.07) is 1.85. The number of fused-ring (bicyclic) bond motifs is 1. The number of pyridine rings is 1. The maximum Gasteiger partial charge on any atom is 0.356 e. The lowest BCUT2D eigenvalue weighted by Gasteiger charge is -2.09. The van der Waals surface area contributed by atoms with Gasteiger partial charge in [-0.05, 0) is 26.8 Å². The van der Waals surface area contributed by atoms with Gasteiger partial charge >= 0.3 is 5.97 Å². The smallest absolute Gasteiger partial charge is 0.356 e. The van der Waals surface area contributed by atoms with Crippen LogP contribution in [0.2, 0.25) is 0 Å². The van der Waals surface area contributed by atoms with Crippen LogP contribution in [0.5, 0.6) is 0 Å². The molecule has 3 aromatic rings. The molecule has 0 atom stereocenters. The monoisotopic (exact) mass is 428 g/mol. The van der Waals surface area contributed by atoms with E-state index in [0.29, 0.717) is 23.3 Å². The molecule has 0 aliphatic carbocycles. The van der Waals surface area contributed by atoms with E-state index in [0.717, 1.165) is 29.2 Å². The minimum absolute atomic E-state index is 0.137. The average Bonchev–Trinajstić information content (AvgIpc) is 3.18. The van der Waals surface area contributed by atoms with Crippen molar-refractivity contribution in [3.05, 3.63) is 34.9 Å². The summed E-state index contributed by atoms with van der Waals surface area (Å²) in [5.74, 6) is -0.947. The molecule has 0 spiro atoms. The van der Waals surface area contributed by atoms with Crippen molar-refractivity contribution in [3.8, 4) is 0 Å². The van der Waals surface area contributed by atoms with Crippen molar-refractivity contribution < 1.29 is 19.1 Å². The summed E-state index contributed by atoms with van der Waals surface area (Å²) in [4.78, 5) is 29.1. The standard InChI is InChI=1S/C21H28N6O4/c1-7-27-13(3)16(12(2)25-27)10-22-14-8-15-18(24-17(28)11-30-5)19(21(29)31-6)26(4)20(15)23-9-14/h8-9,22H,7,10-11H2,1-6H3,(H,24,28). The molecule has 0 aliphatic rings. The van der Waals surface area contributed by atoms with Crippen LogP contribution in [-0.2, 0) is 34.4 Å². The molecule has 3 heterocycles. The molecule has 0 aromatic carbocycles. The van der Waals surface area contributed by atoms with Crippen LogP contribution in [0.15, 0.2) is 12.3 Å². The Kier molecular flexibility index (Phi) is 6.59. The third kappa shape index (κ3) is 4.24. The number of anilines is 2. The molecule has 31 heavy (non-hydrogen) atoms. The Labute approximate surface area is 180 Å². The largest absolute Gasteiger partial charge is 0.464 e. The summed E-state index contributed by atoms with van der Waals surface area (Å²) in [6.45, 7) is 7.34. The maximum atomic E-state index is 12.4. The van der Waals surface area contributed by atoms with E-state index in [-0.39, 0.29) is 18.2 Å². The minimum atomic E-state index is -0.569. The van der Waals surface area contributed by atoms with Crippen molar-refractivity contribution in [3.63, 3.8) is 0 Å². The molecule has 1 amide bonds. The molecular formula is C21H28N6O4. The number of hydrogen-bond donors (Lipinski definition) is 2. The Morgan fingerprint density at radius 3 is 2.58 bits per heavy atom. The Morgan fingerprint density at radius 2 is 1.97 bits per heavy atom. The number of carbonyl (C=O) groups excluding carboxylic acids is 2. The highest BCUT2D eigenvalue weighted by Crippen LogP contribution is 2.32. The number of ether oxygens (including phenoxy) is 2. The first-order chi connectivity index (χ1) is 14.8. The Morgan fingerprint density at radius 1 is 1.23 bits per heavy atom. The fourth-order valence-corrected chi connectivity index (χ4v) is 3.66. The number of methoxy groups -OCH3 is 2. The molecule has 3 rings (SSSR count). The van der Waals surface area contributed by atoms with Gasteiger partial charge in [0.25, 0.3) is 0 Å². The van der Waals surface area contributed by atoms with Crippen LogP contribution in [0.3, 0.4) is 0 Å². The predicted octanol–water partition coefficient (Wildman–Crippen LogP) is 2.39. The second kappa shape index (κ2) is 9.17. The van der Waals surface area contributed by atoms with Crippen LogP contribution in [-0.4, -0.2) is 52.0 Å². The first kappa shape index (κ1) is 22.3. The van der Waals surface area contributed by atoms with Crippen molar-refractivity contribution in [2.75, 3.05) is 31.5 Å². The topological polar surface area (TPSA) is 112 Å². The fourth-order valence-electron chi connectivity index (χ4n) is 3.66. The van der Waals surface area contributed by atoms with E-state index in [4.69, 9.17) is 9.47 Å². The predicted molar refractivity (Wildman–Crippen MR) is 117 cm³/mol. The molecule has 10 heteroatoms. The molecule has 0 radical (unpaired) electrons. The van der Waals surface area contributed by atoms with Crippen LogP contribution < -0.4 is 10.6 Å². The summed E-state index contributed by atoms with van der Waals surface area (Å²) in [6.07, 6.45) is 1.69. The molecule has 166 valence electrons. The van der Waals surface area contributed by atoms with Crippen molar-refractivity contribution in [2.24, 2.45) is 7.05 Å². The van der Waals surface area contributed by atoms with E-state index >= 15 is 0 Å². The normalized spacial score (nSPS) is 11.0. The SMILES string of the molecule is CCn1nc(C)c(CNc2cnc3c(c2)c(NC(=O)COC)c(C(=O)OC)n3C)c1C. The lowest BCUT2D eigenvalue weighted by Crippen LogP contribution is -2.19. The van der Waals surface area contributed by atoms with Crippen molar-refractivity contribution in [1.82, 2.24) is 19.3 Å². The zero-order valence-corrected chi connectivity index (χ0v) is 18.7. The zero-order chi connectivity index (χ0) is 22.7. The van der Waals surface area contributed by atoms with E-state index < -0.39 is 5.97 Å². The number of amides is 1. The molecule has 2 N–H and O–H groups in total. The van der Waals surface area contributed by atoms with Crippen LogP contribution in [0.1, 0.15) is 34.4 Å². The Balaban J connectivity index is 1.99. The van der Waals surface area contributed by atoms with Crippen LogP contribution in [0, 0.1) is 13.8 Å². The van der Waals surface area contributed by atoms with E-state index in [9.17, 15) is 9.59 Å². The van der Waals surface area contributed by atoms with E-state index in [1.54, 1.807) is 17.8 Å². The van der Waals surface area contributed by atoms with Crippen LogP contribution >= 0.6 is 0 Å². The summed E-state index contributed by atoms with van der Waals surface area (Å²) < 4.78 is 13.4. The lowest BCUT2D eigenvalue weighted by molar-refractivity contribution is -0.119. The molecule has 0 aliphatic heterocycles. The number of hydrogen-bond acceptors (Lipinski definition) is 7. The van der Waals surface area contributed by atoms with Gasteiger partial charge in [0.2, 0.25) is 5.91 Å². The number of aromatic nitrogens is 4. The molecule has 0 bridgehead atoms. The highest BCUT2D eigenvalue weighted by molar-refractivity contribution is 6.11.